The molecule has 2 nitrogen and oxygen atoms in total. The maximum absolute atomic E-state index is 12.1. The van der Waals surface area contributed by atoms with Crippen molar-refractivity contribution in [2.75, 3.05) is 6.54 Å². The van der Waals surface area contributed by atoms with Gasteiger partial charge in [-0.3, -0.25) is 0 Å². The minimum absolute atomic E-state index is 0.314. The van der Waals surface area contributed by atoms with E-state index in [1.165, 1.54) is 0 Å². The van der Waals surface area contributed by atoms with Gasteiger partial charge in [-0.25, -0.2) is 0 Å². The van der Waals surface area contributed by atoms with Gasteiger partial charge in [-0.05, 0) is 24.6 Å². The summed E-state index contributed by atoms with van der Waals surface area (Å²) in [5.74, 6) is 0. The molecule has 0 aliphatic rings. The first-order valence-electron chi connectivity index (χ1n) is 5.04. The van der Waals surface area contributed by atoms with Gasteiger partial charge in [0.2, 0.25) is 0 Å². The zero-order valence-electron chi connectivity index (χ0n) is 9.13. The van der Waals surface area contributed by atoms with Crippen molar-refractivity contribution in [3.05, 3.63) is 34.9 Å². The zero-order valence-corrected chi connectivity index (χ0v) is 9.89. The van der Waals surface area contributed by atoms with E-state index in [1.54, 1.807) is 31.2 Å². The molecule has 0 spiro atoms. The lowest BCUT2D eigenvalue weighted by atomic mass is 10.1. The van der Waals surface area contributed by atoms with Gasteiger partial charge in [0.1, 0.15) is 0 Å². The molecule has 0 radical (unpaired) electrons. The molecule has 0 aliphatic heterocycles. The number of rotatable bonds is 4. The lowest BCUT2D eigenvalue weighted by Gasteiger charge is -2.19. The van der Waals surface area contributed by atoms with Crippen molar-refractivity contribution in [2.45, 2.75) is 25.2 Å². The minimum atomic E-state index is -4.60. The maximum Gasteiger partial charge on any atom is 0.415 e. The Morgan fingerprint density at radius 1 is 1.41 bits per heavy atom. The Kier molecular flexibility index (Phi) is 4.80. The third-order valence-electron chi connectivity index (χ3n) is 2.34. The van der Waals surface area contributed by atoms with E-state index in [2.05, 4.69) is 5.32 Å². The van der Waals surface area contributed by atoms with Crippen LogP contribution in [0.15, 0.2) is 24.3 Å². The van der Waals surface area contributed by atoms with E-state index < -0.39 is 18.8 Å². The third-order valence-corrected chi connectivity index (χ3v) is 2.58. The Morgan fingerprint density at radius 3 is 2.59 bits per heavy atom. The van der Waals surface area contributed by atoms with Crippen LogP contribution in [0.1, 0.15) is 18.5 Å². The second kappa shape index (κ2) is 5.71. The minimum Gasteiger partial charge on any atom is -0.382 e. The first-order valence-corrected chi connectivity index (χ1v) is 5.42. The van der Waals surface area contributed by atoms with Crippen LogP contribution in [0.25, 0.3) is 0 Å². The molecular formula is C11H13ClF3NO. The van der Waals surface area contributed by atoms with Gasteiger partial charge in [0, 0.05) is 17.6 Å². The highest BCUT2D eigenvalue weighted by Crippen LogP contribution is 2.21. The highest BCUT2D eigenvalue weighted by Gasteiger charge is 2.37. The van der Waals surface area contributed by atoms with E-state index in [0.29, 0.717) is 5.02 Å². The summed E-state index contributed by atoms with van der Waals surface area (Å²) in [6, 6.07) is 6.51. The van der Waals surface area contributed by atoms with Crippen LogP contribution in [-0.4, -0.2) is 23.9 Å². The standard InChI is InChI=1S/C11H13ClF3NO/c1-7(8-3-2-4-9(12)5-8)16-6-10(17)11(13,14)15/h2-5,7,10,16-17H,6H2,1H3. The van der Waals surface area contributed by atoms with Crippen molar-refractivity contribution >= 4 is 11.6 Å². The average Bonchev–Trinajstić information content (AvgIpc) is 2.24. The molecule has 17 heavy (non-hydrogen) atoms. The van der Waals surface area contributed by atoms with Gasteiger partial charge in [-0.2, -0.15) is 13.2 Å². The van der Waals surface area contributed by atoms with Crippen molar-refractivity contribution in [3.8, 4) is 0 Å². The Labute approximate surface area is 102 Å². The Bertz CT molecular complexity index is 370. The molecule has 0 fully saturated rings. The molecule has 2 N–H and O–H groups in total. The molecule has 0 bridgehead atoms. The van der Waals surface area contributed by atoms with Crippen LogP contribution in [0.4, 0.5) is 13.2 Å². The van der Waals surface area contributed by atoms with Gasteiger partial charge >= 0.3 is 6.18 Å². The Morgan fingerprint density at radius 2 is 2.06 bits per heavy atom. The van der Waals surface area contributed by atoms with Crippen LogP contribution in [0, 0.1) is 0 Å². The normalized spacial score (nSPS) is 15.6. The first kappa shape index (κ1) is 14.3. The molecule has 0 aliphatic carbocycles. The SMILES string of the molecule is CC(NCC(O)C(F)(F)F)c1cccc(Cl)c1. The molecule has 1 aromatic rings. The second-order valence-corrected chi connectivity index (χ2v) is 4.18. The van der Waals surface area contributed by atoms with Crippen LogP contribution in [-0.2, 0) is 0 Å². The lowest BCUT2D eigenvalue weighted by molar-refractivity contribution is -0.202. The quantitative estimate of drug-likeness (QED) is 0.879. The van der Waals surface area contributed by atoms with E-state index in [1.807, 2.05) is 0 Å². The molecule has 6 heteroatoms. The van der Waals surface area contributed by atoms with E-state index >= 15 is 0 Å². The number of benzene rings is 1. The van der Waals surface area contributed by atoms with Gasteiger partial charge < -0.3 is 10.4 Å². The second-order valence-electron chi connectivity index (χ2n) is 3.74. The van der Waals surface area contributed by atoms with E-state index in [-0.39, 0.29) is 6.04 Å². The first-order chi connectivity index (χ1) is 7.80. The summed E-state index contributed by atoms with van der Waals surface area (Å²) in [7, 11) is 0. The van der Waals surface area contributed by atoms with Crippen LogP contribution in [0.2, 0.25) is 5.02 Å². The van der Waals surface area contributed by atoms with Gasteiger partial charge in [-0.15, -0.1) is 0 Å². The van der Waals surface area contributed by atoms with Crippen molar-refractivity contribution in [2.24, 2.45) is 0 Å². The number of hydrogen-bond donors (Lipinski definition) is 2. The smallest absolute Gasteiger partial charge is 0.382 e. The molecule has 0 amide bonds. The average molecular weight is 268 g/mol. The fourth-order valence-electron chi connectivity index (χ4n) is 1.30. The third kappa shape index (κ3) is 4.53. The zero-order chi connectivity index (χ0) is 13.1. The lowest BCUT2D eigenvalue weighted by Crippen LogP contribution is -2.39. The van der Waals surface area contributed by atoms with Crippen LogP contribution in [0.3, 0.4) is 0 Å². The van der Waals surface area contributed by atoms with Crippen LogP contribution in [0.5, 0.6) is 0 Å². The predicted octanol–water partition coefficient (Wildman–Crippen LogP) is 2.91. The molecule has 0 aromatic heterocycles. The topological polar surface area (TPSA) is 32.3 Å². The predicted molar refractivity (Wildman–Crippen MR) is 59.9 cm³/mol. The Hall–Kier alpha value is -0.780. The summed E-state index contributed by atoms with van der Waals surface area (Å²) in [5, 5.41) is 11.9. The van der Waals surface area contributed by atoms with E-state index in [9.17, 15) is 13.2 Å². The summed E-state index contributed by atoms with van der Waals surface area (Å²) in [4.78, 5) is 0. The van der Waals surface area contributed by atoms with Gasteiger partial charge in [0.05, 0.1) is 0 Å². The molecule has 0 heterocycles. The number of aliphatic hydroxyl groups excluding tert-OH is 1. The molecule has 1 aromatic carbocycles. The molecule has 1 rings (SSSR count). The summed E-state index contributed by atoms with van der Waals surface area (Å²) >= 11 is 5.77. The number of halogens is 4. The Balaban J connectivity index is 2.53. The number of nitrogens with one attached hydrogen (secondary N) is 1. The summed E-state index contributed by atoms with van der Waals surface area (Å²) in [5.41, 5.74) is 0.770. The largest absolute Gasteiger partial charge is 0.415 e. The molecule has 96 valence electrons. The summed E-state index contributed by atoms with van der Waals surface area (Å²) in [6.45, 7) is 1.16. The van der Waals surface area contributed by atoms with Crippen molar-refractivity contribution in [1.29, 1.82) is 0 Å². The highest BCUT2D eigenvalue weighted by atomic mass is 35.5. The fourth-order valence-corrected chi connectivity index (χ4v) is 1.50. The van der Waals surface area contributed by atoms with Gasteiger partial charge in [0.15, 0.2) is 6.10 Å². The van der Waals surface area contributed by atoms with Crippen molar-refractivity contribution in [3.63, 3.8) is 0 Å². The molecule has 2 unspecified atom stereocenters. The van der Waals surface area contributed by atoms with Crippen molar-refractivity contribution in [1.82, 2.24) is 5.32 Å². The van der Waals surface area contributed by atoms with Crippen molar-refractivity contribution < 1.29 is 18.3 Å². The molecule has 0 saturated carbocycles. The van der Waals surface area contributed by atoms with Crippen LogP contribution < -0.4 is 5.32 Å². The summed E-state index contributed by atoms with van der Waals surface area (Å²) in [6.07, 6.45) is -6.95. The number of alkyl halides is 3. The molecule has 2 atom stereocenters. The van der Waals surface area contributed by atoms with E-state index in [4.69, 9.17) is 16.7 Å². The number of aliphatic hydroxyl groups is 1. The molecule has 0 saturated heterocycles. The summed E-state index contributed by atoms with van der Waals surface area (Å²) < 4.78 is 36.2. The monoisotopic (exact) mass is 267 g/mol. The van der Waals surface area contributed by atoms with Crippen LogP contribution >= 0.6 is 11.6 Å². The van der Waals surface area contributed by atoms with Gasteiger partial charge in [-0.1, -0.05) is 23.7 Å². The fraction of sp³-hybridized carbons (Fsp3) is 0.455. The molecular weight excluding hydrogens is 255 g/mol. The maximum atomic E-state index is 12.1. The van der Waals surface area contributed by atoms with Gasteiger partial charge in [0.25, 0.3) is 0 Å². The number of hydrogen-bond acceptors (Lipinski definition) is 2. The highest BCUT2D eigenvalue weighted by molar-refractivity contribution is 6.30. The van der Waals surface area contributed by atoms with E-state index in [0.717, 1.165) is 5.56 Å².